The number of hydrogen-bond donors (Lipinski definition) is 0. The van der Waals surface area contributed by atoms with Crippen LogP contribution in [0.4, 0.5) is 0 Å². The van der Waals surface area contributed by atoms with Crippen LogP contribution in [-0.2, 0) is 9.53 Å². The first-order valence-corrected chi connectivity index (χ1v) is 17.7. The first kappa shape index (κ1) is 23.0. The van der Waals surface area contributed by atoms with Gasteiger partial charge in [0.25, 0.3) is 0 Å². The van der Waals surface area contributed by atoms with Crippen LogP contribution in [0.25, 0.3) is 0 Å². The van der Waals surface area contributed by atoms with Crippen LogP contribution in [0.1, 0.15) is 72.6 Å². The van der Waals surface area contributed by atoms with Crippen molar-refractivity contribution in [3.63, 3.8) is 0 Å². The molecule has 0 fully saturated rings. The van der Waals surface area contributed by atoms with Crippen LogP contribution >= 0.6 is 0 Å². The Morgan fingerprint density at radius 3 is 1.74 bits per heavy atom. The SMILES string of the molecule is C=C(C)CC([CH2][Sn]([CH2]CCC)([CH2]CCC)[CH2]CCC)C(=O)OC. The van der Waals surface area contributed by atoms with E-state index >= 15 is 0 Å². The van der Waals surface area contributed by atoms with Gasteiger partial charge in [0.1, 0.15) is 0 Å². The van der Waals surface area contributed by atoms with E-state index in [0.29, 0.717) is 0 Å². The molecule has 0 rings (SSSR count). The van der Waals surface area contributed by atoms with E-state index in [1.165, 1.54) is 63.4 Å². The summed E-state index contributed by atoms with van der Waals surface area (Å²) in [6.07, 6.45) is 8.70. The first-order valence-electron chi connectivity index (χ1n) is 9.66. The molecule has 0 aliphatic heterocycles. The molecule has 0 heterocycles. The maximum atomic E-state index is 12.3. The Bertz CT molecular complexity index is 317. The van der Waals surface area contributed by atoms with Gasteiger partial charge in [0, 0.05) is 0 Å². The van der Waals surface area contributed by atoms with Crippen molar-refractivity contribution >= 4 is 24.3 Å². The summed E-state index contributed by atoms with van der Waals surface area (Å²) in [6.45, 7) is 13.0. The fraction of sp³-hybridized carbons (Fsp3) is 0.850. The number of carbonyl (C=O) groups excluding carboxylic acids is 1. The molecule has 0 amide bonds. The zero-order valence-corrected chi connectivity index (χ0v) is 19.2. The van der Waals surface area contributed by atoms with Crippen molar-refractivity contribution in [2.75, 3.05) is 7.11 Å². The van der Waals surface area contributed by atoms with Gasteiger partial charge in [0.15, 0.2) is 0 Å². The molecule has 0 aromatic heterocycles. The van der Waals surface area contributed by atoms with Crippen LogP contribution in [0.3, 0.4) is 0 Å². The normalized spacial score (nSPS) is 12.9. The second kappa shape index (κ2) is 13.3. The molecule has 3 heteroatoms. The number of unbranched alkanes of at least 4 members (excludes halogenated alkanes) is 3. The van der Waals surface area contributed by atoms with Crippen LogP contribution < -0.4 is 0 Å². The van der Waals surface area contributed by atoms with Crippen molar-refractivity contribution in [3.8, 4) is 0 Å². The number of allylic oxidation sites excluding steroid dienone is 1. The number of hydrogen-bond acceptors (Lipinski definition) is 2. The fourth-order valence-corrected chi connectivity index (χ4v) is 20.9. The van der Waals surface area contributed by atoms with Crippen molar-refractivity contribution < 1.29 is 9.53 Å². The summed E-state index contributed by atoms with van der Waals surface area (Å²) in [6, 6.07) is 0. The Balaban J connectivity index is 5.27. The number of esters is 1. The van der Waals surface area contributed by atoms with Gasteiger partial charge >= 0.3 is 149 Å². The molecule has 23 heavy (non-hydrogen) atoms. The van der Waals surface area contributed by atoms with Crippen molar-refractivity contribution in [1.29, 1.82) is 0 Å². The maximum absolute atomic E-state index is 12.3. The average molecular weight is 431 g/mol. The number of rotatable bonds is 14. The summed E-state index contributed by atoms with van der Waals surface area (Å²) in [5, 5.41) is 0. The monoisotopic (exact) mass is 432 g/mol. The van der Waals surface area contributed by atoms with Gasteiger partial charge in [-0.1, -0.05) is 0 Å². The van der Waals surface area contributed by atoms with Gasteiger partial charge in [-0.15, -0.1) is 0 Å². The molecule has 136 valence electrons. The third-order valence-corrected chi connectivity index (χ3v) is 21.0. The Hall–Kier alpha value is 0.00870. The van der Waals surface area contributed by atoms with E-state index < -0.39 is 18.4 Å². The third-order valence-electron chi connectivity index (χ3n) is 4.99. The summed E-state index contributed by atoms with van der Waals surface area (Å²) in [5.74, 6) is 0.0671. The van der Waals surface area contributed by atoms with E-state index in [0.717, 1.165) is 12.0 Å². The molecule has 0 N–H and O–H groups in total. The van der Waals surface area contributed by atoms with Crippen molar-refractivity contribution in [1.82, 2.24) is 0 Å². The summed E-state index contributed by atoms with van der Waals surface area (Å²) in [5.41, 5.74) is 1.11. The average Bonchev–Trinajstić information content (AvgIpc) is 2.54. The molecule has 1 atom stereocenters. The van der Waals surface area contributed by atoms with Gasteiger partial charge in [0.05, 0.1) is 0 Å². The number of methoxy groups -OCH3 is 1. The van der Waals surface area contributed by atoms with Gasteiger partial charge in [-0.2, -0.15) is 0 Å². The minimum absolute atomic E-state index is 0.00132. The Morgan fingerprint density at radius 1 is 1.00 bits per heavy atom. The Labute approximate surface area is 149 Å². The molecule has 0 aliphatic carbocycles. The second-order valence-corrected chi connectivity index (χ2v) is 21.4. The fourth-order valence-electron chi connectivity index (χ4n) is 3.69. The molecule has 2 nitrogen and oxygen atoms in total. The zero-order valence-electron chi connectivity index (χ0n) is 16.4. The molecule has 0 spiro atoms. The molecule has 0 aromatic rings. The number of carbonyl (C=O) groups is 1. The van der Waals surface area contributed by atoms with Crippen LogP contribution in [-0.4, -0.2) is 31.5 Å². The number of ether oxygens (including phenoxy) is 1. The molecule has 0 saturated heterocycles. The molecule has 1 unspecified atom stereocenters. The van der Waals surface area contributed by atoms with Crippen molar-refractivity contribution in [3.05, 3.63) is 12.2 Å². The zero-order chi connectivity index (χ0) is 17.7. The predicted molar refractivity (Wildman–Crippen MR) is 105 cm³/mol. The summed E-state index contributed by atoms with van der Waals surface area (Å²) in [4.78, 5) is 12.3. The second-order valence-electron chi connectivity index (χ2n) is 7.40. The van der Waals surface area contributed by atoms with Gasteiger partial charge in [-0.3, -0.25) is 0 Å². The standard InChI is InChI=1S/C8H13O2.3C4H9.Sn/c1-6(2)5-7(3)8(9)10-4;3*1-3-4-2;/h7H,1,3,5H2,2,4H3;3*1,3-4H2,2H3;. The van der Waals surface area contributed by atoms with Crippen LogP contribution in [0.15, 0.2) is 12.2 Å². The van der Waals surface area contributed by atoms with Gasteiger partial charge < -0.3 is 0 Å². The molecular weight excluding hydrogens is 391 g/mol. The van der Waals surface area contributed by atoms with Crippen LogP contribution in [0.2, 0.25) is 17.7 Å². The van der Waals surface area contributed by atoms with E-state index in [1.807, 2.05) is 6.92 Å². The minimum atomic E-state index is -2.29. The van der Waals surface area contributed by atoms with Gasteiger partial charge in [0.2, 0.25) is 0 Å². The summed E-state index contributed by atoms with van der Waals surface area (Å²) < 4.78 is 10.7. The van der Waals surface area contributed by atoms with Crippen LogP contribution in [0.5, 0.6) is 0 Å². The van der Waals surface area contributed by atoms with Crippen molar-refractivity contribution in [2.24, 2.45) is 5.92 Å². The van der Waals surface area contributed by atoms with E-state index in [-0.39, 0.29) is 11.9 Å². The predicted octanol–water partition coefficient (Wildman–Crippen LogP) is 6.59. The first-order chi connectivity index (χ1) is 10.9. The Morgan fingerprint density at radius 2 is 1.43 bits per heavy atom. The molecule has 0 aromatic carbocycles. The van der Waals surface area contributed by atoms with E-state index in [4.69, 9.17) is 4.74 Å². The molecule has 0 bridgehead atoms. The van der Waals surface area contributed by atoms with Gasteiger partial charge in [-0.25, -0.2) is 0 Å². The summed E-state index contributed by atoms with van der Waals surface area (Å²) >= 11 is -2.29. The molecule has 0 aliphatic rings. The quantitative estimate of drug-likeness (QED) is 0.176. The topological polar surface area (TPSA) is 26.3 Å². The summed E-state index contributed by atoms with van der Waals surface area (Å²) in [7, 11) is 1.54. The van der Waals surface area contributed by atoms with E-state index in [1.54, 1.807) is 0 Å². The third kappa shape index (κ3) is 9.78. The van der Waals surface area contributed by atoms with Crippen molar-refractivity contribution in [2.45, 2.75) is 90.4 Å². The van der Waals surface area contributed by atoms with E-state index in [2.05, 4.69) is 27.4 Å². The molecular formula is C20H40O2Sn. The Kier molecular flexibility index (Phi) is 13.3. The van der Waals surface area contributed by atoms with Crippen LogP contribution in [0, 0.1) is 5.92 Å². The van der Waals surface area contributed by atoms with Gasteiger partial charge in [-0.05, 0) is 0 Å². The molecule has 0 saturated carbocycles. The molecule has 0 radical (unpaired) electrons. The van der Waals surface area contributed by atoms with E-state index in [9.17, 15) is 4.79 Å².